The molecule has 0 saturated carbocycles. The fourth-order valence-electron chi connectivity index (χ4n) is 1.24. The van der Waals surface area contributed by atoms with Crippen LogP contribution in [0.2, 0.25) is 0 Å². The Labute approximate surface area is 105 Å². The summed E-state index contributed by atoms with van der Waals surface area (Å²) in [6.45, 7) is 1.35. The summed E-state index contributed by atoms with van der Waals surface area (Å²) in [6.07, 6.45) is 0. The standard InChI is InChI=1S/C10H15Cl2N3O/c11-5-7-13-15(14-8-6-12)9-1-3-10(16)4-2-9/h1-4,13-14,16H,5-8H2/p+1. The highest BCUT2D eigenvalue weighted by molar-refractivity contribution is 6.18. The minimum Gasteiger partial charge on any atom is -0.508 e. The third-order valence-corrected chi connectivity index (χ3v) is 2.33. The lowest BCUT2D eigenvalue weighted by molar-refractivity contribution is -0.926. The van der Waals surface area contributed by atoms with Crippen LogP contribution in [0, 0.1) is 0 Å². The molecule has 6 heteroatoms. The smallest absolute Gasteiger partial charge is 0.170 e. The number of aromatic hydroxyl groups is 1. The van der Waals surface area contributed by atoms with Crippen molar-refractivity contribution < 1.29 is 10.2 Å². The molecule has 0 amide bonds. The zero-order valence-electron chi connectivity index (χ0n) is 8.84. The summed E-state index contributed by atoms with van der Waals surface area (Å²) in [5.74, 6) is 1.31. The molecule has 0 aromatic heterocycles. The van der Waals surface area contributed by atoms with Crippen molar-refractivity contribution in [2.45, 2.75) is 0 Å². The van der Waals surface area contributed by atoms with E-state index < -0.39 is 0 Å². The molecular formula is C10H16Cl2N3O+. The number of hydrogen-bond donors (Lipinski definition) is 4. The van der Waals surface area contributed by atoms with E-state index in [4.69, 9.17) is 23.2 Å². The van der Waals surface area contributed by atoms with E-state index in [0.717, 1.165) is 10.8 Å². The van der Waals surface area contributed by atoms with E-state index in [2.05, 4.69) is 10.9 Å². The monoisotopic (exact) mass is 264 g/mol. The topological polar surface area (TPSA) is 48.7 Å². The lowest BCUT2D eigenvalue weighted by Gasteiger charge is -2.18. The molecule has 0 aliphatic heterocycles. The summed E-state index contributed by atoms with van der Waals surface area (Å²) in [5, 5.41) is 10.1. The van der Waals surface area contributed by atoms with Crippen LogP contribution in [0.15, 0.2) is 24.3 Å². The Kier molecular flexibility index (Phi) is 6.52. The van der Waals surface area contributed by atoms with Gasteiger partial charge in [-0.1, -0.05) is 0 Å². The molecule has 0 aliphatic carbocycles. The Bertz CT molecular complexity index is 287. The Hall–Kier alpha value is -0.520. The zero-order valence-corrected chi connectivity index (χ0v) is 10.4. The number of hydrogen-bond acceptors (Lipinski definition) is 3. The van der Waals surface area contributed by atoms with Gasteiger partial charge in [0.05, 0.1) is 13.1 Å². The normalized spacial score (nSPS) is 10.9. The Morgan fingerprint density at radius 2 is 1.50 bits per heavy atom. The molecule has 0 fully saturated rings. The second kappa shape index (κ2) is 7.70. The van der Waals surface area contributed by atoms with Gasteiger partial charge in [0.1, 0.15) is 5.75 Å². The maximum absolute atomic E-state index is 9.20. The molecule has 4 nitrogen and oxygen atoms in total. The Morgan fingerprint density at radius 1 is 1.00 bits per heavy atom. The molecule has 0 radical (unpaired) electrons. The van der Waals surface area contributed by atoms with Gasteiger partial charge < -0.3 is 5.11 Å². The fourth-order valence-corrected chi connectivity index (χ4v) is 1.43. The van der Waals surface area contributed by atoms with Crippen molar-refractivity contribution >= 4 is 28.9 Å². The number of alkyl halides is 2. The van der Waals surface area contributed by atoms with Crippen molar-refractivity contribution in [3.63, 3.8) is 0 Å². The molecule has 0 atom stereocenters. The van der Waals surface area contributed by atoms with Crippen LogP contribution in [0.25, 0.3) is 0 Å². The van der Waals surface area contributed by atoms with Gasteiger partial charge in [-0.3, -0.25) is 0 Å². The average Bonchev–Trinajstić information content (AvgIpc) is 2.31. The van der Waals surface area contributed by atoms with Gasteiger partial charge in [-0.2, -0.15) is 5.12 Å². The fraction of sp³-hybridized carbons (Fsp3) is 0.400. The second-order valence-corrected chi connectivity index (χ2v) is 3.91. The summed E-state index contributed by atoms with van der Waals surface area (Å²) >= 11 is 11.2. The highest BCUT2D eigenvalue weighted by Gasteiger charge is 2.10. The number of benzene rings is 1. The molecule has 1 aromatic carbocycles. The molecule has 1 rings (SSSR count). The van der Waals surface area contributed by atoms with Gasteiger partial charge in [-0.05, 0) is 12.1 Å². The minimum atomic E-state index is 0.248. The second-order valence-electron chi connectivity index (χ2n) is 3.15. The molecule has 16 heavy (non-hydrogen) atoms. The van der Waals surface area contributed by atoms with Crippen LogP contribution in [-0.4, -0.2) is 30.0 Å². The van der Waals surface area contributed by atoms with E-state index in [9.17, 15) is 5.11 Å². The molecule has 1 aromatic rings. The summed E-state index contributed by atoms with van der Waals surface area (Å²) in [4.78, 5) is 0. The lowest BCUT2D eigenvalue weighted by Crippen LogP contribution is -3.20. The van der Waals surface area contributed by atoms with Crippen LogP contribution in [-0.2, 0) is 0 Å². The highest BCUT2D eigenvalue weighted by atomic mass is 35.5. The zero-order chi connectivity index (χ0) is 11.8. The molecule has 0 bridgehead atoms. The Balaban J connectivity index is 2.62. The first-order chi connectivity index (χ1) is 7.77. The number of nitrogens with one attached hydrogen (secondary N) is 3. The van der Waals surface area contributed by atoms with Gasteiger partial charge >= 0.3 is 0 Å². The lowest BCUT2D eigenvalue weighted by atomic mass is 10.3. The molecule has 4 N–H and O–H groups in total. The van der Waals surface area contributed by atoms with Crippen molar-refractivity contribution in [3.8, 4) is 5.75 Å². The molecule has 0 heterocycles. The molecule has 0 saturated heterocycles. The molecule has 0 aliphatic rings. The van der Waals surface area contributed by atoms with Crippen LogP contribution in [0.5, 0.6) is 5.75 Å². The van der Waals surface area contributed by atoms with Crippen LogP contribution < -0.4 is 16.0 Å². The number of quaternary nitrogens is 1. The van der Waals surface area contributed by atoms with Gasteiger partial charge in [0.2, 0.25) is 0 Å². The van der Waals surface area contributed by atoms with Gasteiger partial charge in [-0.25, -0.2) is 0 Å². The maximum atomic E-state index is 9.20. The average molecular weight is 265 g/mol. The van der Waals surface area contributed by atoms with Gasteiger partial charge in [0.15, 0.2) is 5.69 Å². The largest absolute Gasteiger partial charge is 0.508 e. The molecule has 0 unspecified atom stereocenters. The van der Waals surface area contributed by atoms with Crippen LogP contribution in [0.1, 0.15) is 0 Å². The number of rotatable bonds is 7. The number of phenolic OH excluding ortho intramolecular Hbond substituents is 1. The van der Waals surface area contributed by atoms with Crippen molar-refractivity contribution in [2.75, 3.05) is 24.8 Å². The third-order valence-electron chi connectivity index (χ3n) is 1.95. The van der Waals surface area contributed by atoms with Crippen LogP contribution in [0.4, 0.5) is 5.69 Å². The van der Waals surface area contributed by atoms with Crippen molar-refractivity contribution in [3.05, 3.63) is 24.3 Å². The van der Waals surface area contributed by atoms with Crippen molar-refractivity contribution in [2.24, 2.45) is 0 Å². The molecule has 0 spiro atoms. The van der Waals surface area contributed by atoms with E-state index in [1.54, 1.807) is 12.1 Å². The maximum Gasteiger partial charge on any atom is 0.170 e. The molecule has 90 valence electrons. The third kappa shape index (κ3) is 4.55. The predicted molar refractivity (Wildman–Crippen MR) is 66.2 cm³/mol. The van der Waals surface area contributed by atoms with E-state index in [-0.39, 0.29) is 5.75 Å². The SMILES string of the molecule is Oc1ccc([NH+](NCCCl)NCCCl)cc1. The summed E-state index contributed by atoms with van der Waals surface area (Å²) in [5.41, 5.74) is 7.31. The van der Waals surface area contributed by atoms with Gasteiger partial charge in [0, 0.05) is 23.9 Å². The van der Waals surface area contributed by atoms with Crippen LogP contribution in [0.3, 0.4) is 0 Å². The Morgan fingerprint density at radius 3 is 1.94 bits per heavy atom. The number of halogens is 2. The minimum absolute atomic E-state index is 0.248. The van der Waals surface area contributed by atoms with Crippen LogP contribution >= 0.6 is 23.2 Å². The highest BCUT2D eigenvalue weighted by Crippen LogP contribution is 2.09. The summed E-state index contributed by atoms with van der Waals surface area (Å²) < 4.78 is 0. The first-order valence-electron chi connectivity index (χ1n) is 5.04. The van der Waals surface area contributed by atoms with E-state index in [1.807, 2.05) is 12.1 Å². The van der Waals surface area contributed by atoms with Crippen molar-refractivity contribution in [1.29, 1.82) is 0 Å². The first kappa shape index (κ1) is 13.5. The first-order valence-corrected chi connectivity index (χ1v) is 6.11. The summed E-state index contributed by atoms with van der Waals surface area (Å²) in [6, 6.07) is 6.93. The van der Waals surface area contributed by atoms with E-state index in [0.29, 0.717) is 24.8 Å². The van der Waals surface area contributed by atoms with Gasteiger partial charge in [0.25, 0.3) is 0 Å². The van der Waals surface area contributed by atoms with Crippen molar-refractivity contribution in [1.82, 2.24) is 10.9 Å². The number of phenols is 1. The summed E-state index contributed by atoms with van der Waals surface area (Å²) in [7, 11) is 0. The van der Waals surface area contributed by atoms with Gasteiger partial charge in [-0.15, -0.1) is 34.1 Å². The predicted octanol–water partition coefficient (Wildman–Crippen LogP) is 0.395. The van der Waals surface area contributed by atoms with E-state index in [1.165, 1.54) is 0 Å². The quantitative estimate of drug-likeness (QED) is 0.328. The molecular weight excluding hydrogens is 249 g/mol. The van der Waals surface area contributed by atoms with E-state index >= 15 is 0 Å².